The van der Waals surface area contributed by atoms with E-state index < -0.39 is 17.6 Å². The van der Waals surface area contributed by atoms with Crippen LogP contribution in [-0.4, -0.2) is 53.2 Å². The molecule has 0 spiro atoms. The highest BCUT2D eigenvalue weighted by molar-refractivity contribution is 5.93. The third-order valence-corrected chi connectivity index (χ3v) is 6.88. The molecule has 0 radical (unpaired) electrons. The lowest BCUT2D eigenvalue weighted by molar-refractivity contribution is -0.138. The average molecular weight is 434 g/mol. The number of rotatable bonds is 6. The minimum Gasteiger partial charge on any atom is -0.481 e. The number of likely N-dealkylation sites (tertiary alicyclic amines) is 1. The maximum Gasteiger partial charge on any atom is 0.408 e. The number of carboxylic acid groups (broad SMARTS) is 1. The molecular weight excluding hydrogens is 408 g/mol. The Hall–Kier alpha value is -3.35. The molecule has 7 nitrogen and oxygen atoms in total. The summed E-state index contributed by atoms with van der Waals surface area (Å²) in [4.78, 5) is 38.2. The molecule has 1 atom stereocenters. The molecule has 32 heavy (non-hydrogen) atoms. The van der Waals surface area contributed by atoms with E-state index in [1.807, 2.05) is 24.3 Å². The molecule has 2 N–H and O–H groups in total. The minimum atomic E-state index is -0.902. The Morgan fingerprint density at radius 2 is 1.66 bits per heavy atom. The first kappa shape index (κ1) is 20.5. The van der Waals surface area contributed by atoms with E-state index >= 15 is 0 Å². The van der Waals surface area contributed by atoms with Crippen molar-refractivity contribution in [2.24, 2.45) is 5.92 Å². The molecule has 2 amide bonds. The van der Waals surface area contributed by atoms with Crippen LogP contribution in [0.2, 0.25) is 0 Å². The zero-order valence-corrected chi connectivity index (χ0v) is 17.8. The molecule has 2 aromatic carbocycles. The second-order valence-electron chi connectivity index (χ2n) is 9.04. The largest absolute Gasteiger partial charge is 0.481 e. The maximum atomic E-state index is 13.0. The van der Waals surface area contributed by atoms with Gasteiger partial charge in [0.1, 0.15) is 12.1 Å². The van der Waals surface area contributed by atoms with E-state index in [2.05, 4.69) is 29.6 Å². The fourth-order valence-electron chi connectivity index (χ4n) is 5.08. The standard InChI is InChI=1S/C25H26N2O5/c28-22(29)13-16-9-12-27(14-16)23(30)25(10-11-25)26-24(31)32-15-21-19-7-3-1-5-17(19)18-6-2-4-8-20(18)21/h1-8,16,21H,9-15H2,(H,26,31)(H,28,29). The molecule has 1 unspecified atom stereocenters. The highest BCUT2D eigenvalue weighted by Gasteiger charge is 2.54. The van der Waals surface area contributed by atoms with Crippen molar-refractivity contribution in [3.8, 4) is 11.1 Å². The molecule has 3 aliphatic rings. The third-order valence-electron chi connectivity index (χ3n) is 6.88. The number of amides is 2. The number of hydrogen-bond acceptors (Lipinski definition) is 4. The van der Waals surface area contributed by atoms with Gasteiger partial charge in [-0.2, -0.15) is 0 Å². The monoisotopic (exact) mass is 434 g/mol. The Morgan fingerprint density at radius 3 is 2.25 bits per heavy atom. The molecule has 7 heteroatoms. The summed E-state index contributed by atoms with van der Waals surface area (Å²) >= 11 is 0. The van der Waals surface area contributed by atoms with Crippen LogP contribution in [0.25, 0.3) is 11.1 Å². The molecule has 5 rings (SSSR count). The lowest BCUT2D eigenvalue weighted by Crippen LogP contribution is -2.50. The zero-order valence-electron chi connectivity index (χ0n) is 17.8. The van der Waals surface area contributed by atoms with Crippen LogP contribution in [0.1, 0.15) is 42.7 Å². The SMILES string of the molecule is O=C(O)CC1CCN(C(=O)C2(NC(=O)OCC3c4ccccc4-c4ccccc43)CC2)C1. The van der Waals surface area contributed by atoms with Crippen molar-refractivity contribution in [1.29, 1.82) is 0 Å². The van der Waals surface area contributed by atoms with E-state index in [-0.39, 0.29) is 30.8 Å². The summed E-state index contributed by atoms with van der Waals surface area (Å²) in [6.07, 6.45) is 1.32. The van der Waals surface area contributed by atoms with Gasteiger partial charge in [0, 0.05) is 25.4 Å². The van der Waals surface area contributed by atoms with Crippen LogP contribution in [0.5, 0.6) is 0 Å². The highest BCUT2D eigenvalue weighted by atomic mass is 16.5. The van der Waals surface area contributed by atoms with Gasteiger partial charge in [0.25, 0.3) is 0 Å². The van der Waals surface area contributed by atoms with Gasteiger partial charge in [-0.05, 0) is 47.4 Å². The van der Waals surface area contributed by atoms with Crippen molar-refractivity contribution in [2.45, 2.75) is 37.1 Å². The Kier molecular flexibility index (Phi) is 5.12. The zero-order chi connectivity index (χ0) is 22.3. The van der Waals surface area contributed by atoms with E-state index in [0.29, 0.717) is 32.4 Å². The Balaban J connectivity index is 1.21. The first-order chi connectivity index (χ1) is 15.5. The fraction of sp³-hybridized carbons (Fsp3) is 0.400. The molecule has 0 bridgehead atoms. The molecule has 1 saturated carbocycles. The van der Waals surface area contributed by atoms with E-state index in [1.54, 1.807) is 4.90 Å². The summed E-state index contributed by atoms with van der Waals surface area (Å²) in [5, 5.41) is 11.8. The summed E-state index contributed by atoms with van der Waals surface area (Å²) in [6, 6.07) is 16.3. The molecule has 1 saturated heterocycles. The van der Waals surface area contributed by atoms with Gasteiger partial charge < -0.3 is 20.1 Å². The number of nitrogens with zero attached hydrogens (tertiary/aromatic N) is 1. The number of ether oxygens (including phenoxy) is 1. The Labute approximate surface area is 186 Å². The Bertz CT molecular complexity index is 1030. The number of alkyl carbamates (subject to hydrolysis) is 1. The van der Waals surface area contributed by atoms with Crippen LogP contribution in [0.4, 0.5) is 4.79 Å². The van der Waals surface area contributed by atoms with Crippen LogP contribution >= 0.6 is 0 Å². The van der Waals surface area contributed by atoms with Crippen LogP contribution in [0, 0.1) is 5.92 Å². The van der Waals surface area contributed by atoms with Gasteiger partial charge in [0.2, 0.25) is 5.91 Å². The van der Waals surface area contributed by atoms with Crippen molar-refractivity contribution in [3.05, 3.63) is 59.7 Å². The number of carbonyl (C=O) groups is 3. The topological polar surface area (TPSA) is 95.9 Å². The third kappa shape index (κ3) is 3.72. The van der Waals surface area contributed by atoms with Crippen molar-refractivity contribution < 1.29 is 24.2 Å². The number of nitrogens with one attached hydrogen (secondary N) is 1. The van der Waals surface area contributed by atoms with E-state index in [1.165, 1.54) is 0 Å². The smallest absolute Gasteiger partial charge is 0.408 e. The van der Waals surface area contributed by atoms with E-state index in [0.717, 1.165) is 22.3 Å². The second-order valence-corrected chi connectivity index (χ2v) is 9.04. The Morgan fingerprint density at radius 1 is 1.03 bits per heavy atom. The van der Waals surface area contributed by atoms with Crippen molar-refractivity contribution in [1.82, 2.24) is 10.2 Å². The van der Waals surface area contributed by atoms with Crippen LogP contribution in [-0.2, 0) is 14.3 Å². The molecule has 166 valence electrons. The van der Waals surface area contributed by atoms with Crippen LogP contribution in [0.3, 0.4) is 0 Å². The molecule has 2 fully saturated rings. The average Bonchev–Trinajstić information content (AvgIpc) is 3.29. The van der Waals surface area contributed by atoms with Gasteiger partial charge in [-0.3, -0.25) is 9.59 Å². The predicted octanol–water partition coefficient (Wildman–Crippen LogP) is 3.38. The van der Waals surface area contributed by atoms with E-state index in [4.69, 9.17) is 9.84 Å². The van der Waals surface area contributed by atoms with Gasteiger partial charge in [0.05, 0.1) is 0 Å². The lowest BCUT2D eigenvalue weighted by atomic mass is 9.98. The normalized spacial score (nSPS) is 20.4. The maximum absolute atomic E-state index is 13.0. The summed E-state index contributed by atoms with van der Waals surface area (Å²) in [5.41, 5.74) is 3.70. The van der Waals surface area contributed by atoms with Crippen LogP contribution < -0.4 is 5.32 Å². The van der Waals surface area contributed by atoms with Gasteiger partial charge in [-0.15, -0.1) is 0 Å². The van der Waals surface area contributed by atoms with Gasteiger partial charge in [-0.25, -0.2) is 4.79 Å². The highest BCUT2D eigenvalue weighted by Crippen LogP contribution is 2.44. The van der Waals surface area contributed by atoms with E-state index in [9.17, 15) is 14.4 Å². The van der Waals surface area contributed by atoms with Crippen LogP contribution in [0.15, 0.2) is 48.5 Å². The van der Waals surface area contributed by atoms with Crippen molar-refractivity contribution >= 4 is 18.0 Å². The lowest BCUT2D eigenvalue weighted by Gasteiger charge is -2.24. The molecule has 2 aromatic rings. The summed E-state index contributed by atoms with van der Waals surface area (Å²) in [7, 11) is 0. The summed E-state index contributed by atoms with van der Waals surface area (Å²) < 4.78 is 5.60. The quantitative estimate of drug-likeness (QED) is 0.727. The van der Waals surface area contributed by atoms with Gasteiger partial charge >= 0.3 is 12.1 Å². The fourth-order valence-corrected chi connectivity index (χ4v) is 5.08. The number of carboxylic acids is 1. The number of carbonyl (C=O) groups excluding carboxylic acids is 2. The number of benzene rings is 2. The van der Waals surface area contributed by atoms with Crippen molar-refractivity contribution in [2.75, 3.05) is 19.7 Å². The first-order valence-electron chi connectivity index (χ1n) is 11.1. The number of aliphatic carboxylic acids is 1. The first-order valence-corrected chi connectivity index (χ1v) is 11.1. The molecular formula is C25H26N2O5. The minimum absolute atomic E-state index is 0.0262. The predicted molar refractivity (Wildman–Crippen MR) is 117 cm³/mol. The molecule has 2 aliphatic carbocycles. The molecule has 1 heterocycles. The summed E-state index contributed by atoms with van der Waals surface area (Å²) in [5.74, 6) is -1.03. The molecule has 1 aliphatic heterocycles. The van der Waals surface area contributed by atoms with Gasteiger partial charge in [0.15, 0.2) is 0 Å². The number of fused-ring (bicyclic) bond motifs is 3. The number of hydrogen-bond donors (Lipinski definition) is 2. The van der Waals surface area contributed by atoms with Crippen molar-refractivity contribution in [3.63, 3.8) is 0 Å². The second kappa shape index (κ2) is 7.97. The summed E-state index contributed by atoms with van der Waals surface area (Å²) in [6.45, 7) is 1.17. The van der Waals surface area contributed by atoms with Gasteiger partial charge in [-0.1, -0.05) is 48.5 Å². The molecule has 0 aromatic heterocycles.